The van der Waals surface area contributed by atoms with Crippen LogP contribution in [-0.4, -0.2) is 26.3 Å². The summed E-state index contributed by atoms with van der Waals surface area (Å²) in [6, 6.07) is 3.36. The summed E-state index contributed by atoms with van der Waals surface area (Å²) in [5, 5.41) is 14.0. The topological polar surface area (TPSA) is 78.9 Å². The van der Waals surface area contributed by atoms with Gasteiger partial charge in [0.2, 0.25) is 0 Å². The van der Waals surface area contributed by atoms with Gasteiger partial charge in [-0.1, -0.05) is 0 Å². The maximum absolute atomic E-state index is 12.3. The number of pyridine rings is 1. The van der Waals surface area contributed by atoms with Crippen LogP contribution in [0.3, 0.4) is 0 Å². The monoisotopic (exact) mass is 257 g/mol. The number of alkyl halides is 3. The quantitative estimate of drug-likeness (QED) is 0.864. The Morgan fingerprint density at radius 1 is 1.33 bits per heavy atom. The Balaban J connectivity index is 2.32. The maximum Gasteiger partial charge on any atom is 0.432 e. The lowest BCUT2D eigenvalue weighted by Gasteiger charge is -2.00. The Morgan fingerprint density at radius 2 is 2.06 bits per heavy atom. The smallest absolute Gasteiger partial charge is 0.432 e. The van der Waals surface area contributed by atoms with Crippen LogP contribution >= 0.6 is 0 Å². The minimum atomic E-state index is -4.50. The summed E-state index contributed by atoms with van der Waals surface area (Å²) in [6.07, 6.45) is -3.35. The first-order valence-corrected chi connectivity index (χ1v) is 4.70. The van der Waals surface area contributed by atoms with Crippen molar-refractivity contribution in [2.45, 2.75) is 6.18 Å². The Morgan fingerprint density at radius 3 is 2.50 bits per heavy atom. The molecule has 8 heteroatoms. The van der Waals surface area contributed by atoms with Gasteiger partial charge in [0.05, 0.1) is 5.69 Å². The van der Waals surface area contributed by atoms with Crippen LogP contribution in [0.2, 0.25) is 0 Å². The number of halogens is 3. The third-order valence-corrected chi connectivity index (χ3v) is 2.16. The molecule has 2 aromatic rings. The number of rotatable bonds is 2. The first kappa shape index (κ1) is 12.1. The highest BCUT2D eigenvalue weighted by molar-refractivity contribution is 5.85. The van der Waals surface area contributed by atoms with E-state index in [0.29, 0.717) is 5.56 Å². The van der Waals surface area contributed by atoms with Gasteiger partial charge in [-0.2, -0.15) is 18.3 Å². The van der Waals surface area contributed by atoms with Crippen LogP contribution < -0.4 is 0 Å². The van der Waals surface area contributed by atoms with Crippen molar-refractivity contribution in [1.29, 1.82) is 0 Å². The highest BCUT2D eigenvalue weighted by atomic mass is 19.4. The summed E-state index contributed by atoms with van der Waals surface area (Å²) in [6.45, 7) is 0. The van der Waals surface area contributed by atoms with E-state index in [0.717, 1.165) is 12.3 Å². The molecule has 0 amide bonds. The zero-order valence-electron chi connectivity index (χ0n) is 8.69. The lowest BCUT2D eigenvalue weighted by Crippen LogP contribution is -2.04. The summed E-state index contributed by atoms with van der Waals surface area (Å²) >= 11 is 0. The van der Waals surface area contributed by atoms with Crippen molar-refractivity contribution >= 4 is 5.97 Å². The zero-order valence-corrected chi connectivity index (χ0v) is 8.69. The first-order valence-electron chi connectivity index (χ1n) is 4.70. The molecule has 0 spiro atoms. The van der Waals surface area contributed by atoms with Gasteiger partial charge < -0.3 is 5.11 Å². The predicted molar refractivity (Wildman–Crippen MR) is 53.8 cm³/mol. The highest BCUT2D eigenvalue weighted by Gasteiger charge is 2.33. The van der Waals surface area contributed by atoms with Crippen LogP contribution in [0.5, 0.6) is 0 Å². The van der Waals surface area contributed by atoms with E-state index in [1.807, 2.05) is 5.10 Å². The van der Waals surface area contributed by atoms with Crippen molar-refractivity contribution in [1.82, 2.24) is 15.2 Å². The molecule has 2 N–H and O–H groups in total. The van der Waals surface area contributed by atoms with E-state index in [1.165, 1.54) is 12.1 Å². The third kappa shape index (κ3) is 2.31. The normalized spacial score (nSPS) is 11.5. The summed E-state index contributed by atoms with van der Waals surface area (Å²) in [5.41, 5.74) is -0.816. The van der Waals surface area contributed by atoms with E-state index in [9.17, 15) is 18.0 Å². The molecule has 2 rings (SSSR count). The van der Waals surface area contributed by atoms with Gasteiger partial charge in [-0.25, -0.2) is 9.78 Å². The van der Waals surface area contributed by atoms with Crippen LogP contribution in [-0.2, 0) is 6.18 Å². The van der Waals surface area contributed by atoms with Crippen LogP contribution in [0.4, 0.5) is 13.2 Å². The second-order valence-electron chi connectivity index (χ2n) is 3.40. The number of nitrogens with one attached hydrogen (secondary N) is 1. The second-order valence-corrected chi connectivity index (χ2v) is 3.40. The van der Waals surface area contributed by atoms with Gasteiger partial charge in [-0.05, 0) is 18.2 Å². The fourth-order valence-electron chi connectivity index (χ4n) is 1.29. The summed E-state index contributed by atoms with van der Waals surface area (Å²) in [5.74, 6) is -1.21. The van der Waals surface area contributed by atoms with E-state index in [-0.39, 0.29) is 11.4 Å². The van der Waals surface area contributed by atoms with Crippen LogP contribution in [0, 0.1) is 0 Å². The van der Waals surface area contributed by atoms with Crippen LogP contribution in [0.1, 0.15) is 16.2 Å². The minimum absolute atomic E-state index is 0.0479. The number of carboxylic acids is 1. The Bertz CT molecular complexity index is 575. The van der Waals surface area contributed by atoms with Crippen molar-refractivity contribution in [2.75, 3.05) is 0 Å². The zero-order chi connectivity index (χ0) is 13.3. The molecule has 94 valence electrons. The van der Waals surface area contributed by atoms with Gasteiger partial charge in [0.25, 0.3) is 0 Å². The Labute approximate surface area is 98.3 Å². The number of nitrogens with zero attached hydrogens (tertiary/aromatic N) is 2. The number of hydrogen-bond donors (Lipinski definition) is 2. The lowest BCUT2D eigenvalue weighted by atomic mass is 10.2. The molecule has 0 aromatic carbocycles. The molecule has 0 unspecified atom stereocenters. The second kappa shape index (κ2) is 4.13. The number of carboxylic acid groups (broad SMARTS) is 1. The summed E-state index contributed by atoms with van der Waals surface area (Å²) in [7, 11) is 0. The predicted octanol–water partition coefficient (Wildman–Crippen LogP) is 2.19. The van der Waals surface area contributed by atoms with Gasteiger partial charge in [0, 0.05) is 11.8 Å². The molecule has 18 heavy (non-hydrogen) atoms. The Kier molecular flexibility index (Phi) is 2.77. The van der Waals surface area contributed by atoms with Crippen LogP contribution in [0.15, 0.2) is 24.4 Å². The molecule has 2 aromatic heterocycles. The van der Waals surface area contributed by atoms with Gasteiger partial charge >= 0.3 is 12.1 Å². The Hall–Kier alpha value is -2.38. The van der Waals surface area contributed by atoms with Crippen LogP contribution in [0.25, 0.3) is 11.3 Å². The van der Waals surface area contributed by atoms with Crippen molar-refractivity contribution in [3.05, 3.63) is 35.8 Å². The number of aromatic nitrogens is 3. The first-order chi connectivity index (χ1) is 8.38. The fraction of sp³-hybridized carbons (Fsp3) is 0.100. The van der Waals surface area contributed by atoms with Crippen molar-refractivity contribution in [2.24, 2.45) is 0 Å². The van der Waals surface area contributed by atoms with Gasteiger partial charge in [0.15, 0.2) is 0 Å². The number of aromatic amines is 1. The van der Waals surface area contributed by atoms with Crippen molar-refractivity contribution in [3.63, 3.8) is 0 Å². The summed E-state index contributed by atoms with van der Waals surface area (Å²) in [4.78, 5) is 14.1. The number of carbonyl (C=O) groups is 1. The molecular formula is C10H6F3N3O2. The molecule has 0 bridgehead atoms. The molecular weight excluding hydrogens is 251 g/mol. The van der Waals surface area contributed by atoms with Gasteiger partial charge in [0.1, 0.15) is 11.4 Å². The molecule has 5 nitrogen and oxygen atoms in total. The minimum Gasteiger partial charge on any atom is -0.477 e. The standard InChI is InChI=1S/C10H6F3N3O2/c11-10(12,13)8-3-7(15-16-8)5-1-2-6(9(17)18)14-4-5/h1-4H,(H,15,16)(H,17,18). The van der Waals surface area contributed by atoms with E-state index in [4.69, 9.17) is 5.11 Å². The fourth-order valence-corrected chi connectivity index (χ4v) is 1.29. The molecule has 0 aliphatic rings. The van der Waals surface area contributed by atoms with Crippen molar-refractivity contribution < 1.29 is 23.1 Å². The van der Waals surface area contributed by atoms with E-state index >= 15 is 0 Å². The lowest BCUT2D eigenvalue weighted by molar-refractivity contribution is -0.141. The largest absolute Gasteiger partial charge is 0.477 e. The van der Waals surface area contributed by atoms with Crippen molar-refractivity contribution in [3.8, 4) is 11.3 Å². The molecule has 0 radical (unpaired) electrons. The molecule has 0 saturated heterocycles. The average Bonchev–Trinajstić information content (AvgIpc) is 2.78. The number of hydrogen-bond acceptors (Lipinski definition) is 3. The highest BCUT2D eigenvalue weighted by Crippen LogP contribution is 2.30. The molecule has 0 atom stereocenters. The third-order valence-electron chi connectivity index (χ3n) is 2.16. The van der Waals surface area contributed by atoms with Gasteiger partial charge in [-0.3, -0.25) is 5.10 Å². The SMILES string of the molecule is O=C(O)c1ccc(-c2cc(C(F)(F)F)[nH]n2)cn1. The van der Waals surface area contributed by atoms with E-state index in [1.54, 1.807) is 0 Å². The molecule has 0 fully saturated rings. The molecule has 0 aliphatic carbocycles. The average molecular weight is 257 g/mol. The summed E-state index contributed by atoms with van der Waals surface area (Å²) < 4.78 is 37.0. The molecule has 2 heterocycles. The number of aromatic carboxylic acids is 1. The number of H-pyrrole nitrogens is 1. The van der Waals surface area contributed by atoms with E-state index in [2.05, 4.69) is 10.1 Å². The maximum atomic E-state index is 12.3. The molecule has 0 saturated carbocycles. The molecule has 0 aliphatic heterocycles. The van der Waals surface area contributed by atoms with Gasteiger partial charge in [-0.15, -0.1) is 0 Å². The van der Waals surface area contributed by atoms with E-state index < -0.39 is 17.8 Å².